The standard InChI is InChI=1S/C26H27N5O3S/c1-18-21(16-27-25(32)11-10-19-6-2-4-8-23(19)31(33)34)22(18)17-29-12-14-30(15-13-29)26-20-7-3-5-9-24(20)35-28-26/h2-11,21-22H,1,12-17H2,(H,27,32)/t21-,22-/m0/s1. The van der Waals surface area contributed by atoms with Gasteiger partial charge in [-0.15, -0.1) is 0 Å². The van der Waals surface area contributed by atoms with Crippen LogP contribution in [0.1, 0.15) is 5.56 Å². The van der Waals surface area contributed by atoms with E-state index in [1.54, 1.807) is 29.7 Å². The van der Waals surface area contributed by atoms with Crippen LogP contribution in [-0.2, 0) is 4.79 Å². The maximum absolute atomic E-state index is 12.3. The minimum Gasteiger partial charge on any atom is -0.353 e. The molecular weight excluding hydrogens is 462 g/mol. The summed E-state index contributed by atoms with van der Waals surface area (Å²) in [5, 5.41) is 15.3. The lowest BCUT2D eigenvalue weighted by molar-refractivity contribution is -0.385. The first-order chi connectivity index (χ1) is 17.0. The van der Waals surface area contributed by atoms with Gasteiger partial charge >= 0.3 is 0 Å². The number of para-hydroxylation sites is 1. The second-order valence-corrected chi connectivity index (χ2v) is 9.78. The van der Waals surface area contributed by atoms with Crippen molar-refractivity contribution in [3.63, 3.8) is 0 Å². The smallest absolute Gasteiger partial charge is 0.276 e. The number of rotatable bonds is 8. The molecule has 0 spiro atoms. The number of aromatic nitrogens is 1. The van der Waals surface area contributed by atoms with Gasteiger partial charge in [0.25, 0.3) is 5.69 Å². The Morgan fingerprint density at radius 1 is 1.14 bits per heavy atom. The van der Waals surface area contributed by atoms with E-state index in [-0.39, 0.29) is 17.5 Å². The van der Waals surface area contributed by atoms with Crippen LogP contribution in [0.3, 0.4) is 0 Å². The number of fused-ring (bicyclic) bond motifs is 1. The highest BCUT2D eigenvalue weighted by Gasteiger charge is 2.43. The first-order valence-corrected chi connectivity index (χ1v) is 12.5. The van der Waals surface area contributed by atoms with Gasteiger partial charge in [0.2, 0.25) is 5.91 Å². The highest BCUT2D eigenvalue weighted by atomic mass is 32.1. The van der Waals surface area contributed by atoms with Crippen LogP contribution in [0.4, 0.5) is 11.5 Å². The summed E-state index contributed by atoms with van der Waals surface area (Å²) in [5.74, 6) is 1.50. The zero-order valence-electron chi connectivity index (χ0n) is 19.3. The van der Waals surface area contributed by atoms with Crippen LogP contribution in [0.15, 0.2) is 66.8 Å². The minimum atomic E-state index is -0.449. The molecule has 1 aliphatic carbocycles. The number of carbonyl (C=O) groups excluding carboxylic acids is 1. The van der Waals surface area contributed by atoms with E-state index in [1.807, 2.05) is 0 Å². The first-order valence-electron chi connectivity index (χ1n) is 11.7. The van der Waals surface area contributed by atoms with Crippen LogP contribution in [0.5, 0.6) is 0 Å². The van der Waals surface area contributed by atoms with Crippen LogP contribution in [0, 0.1) is 22.0 Å². The van der Waals surface area contributed by atoms with Crippen LogP contribution in [0.2, 0.25) is 0 Å². The molecule has 1 aromatic heterocycles. The van der Waals surface area contributed by atoms with Crippen LogP contribution < -0.4 is 10.2 Å². The number of amides is 1. The van der Waals surface area contributed by atoms with Crippen molar-refractivity contribution in [2.24, 2.45) is 11.8 Å². The molecule has 180 valence electrons. The summed E-state index contributed by atoms with van der Waals surface area (Å²) < 4.78 is 5.91. The van der Waals surface area contributed by atoms with Gasteiger partial charge in [0.1, 0.15) is 5.82 Å². The van der Waals surface area contributed by atoms with E-state index < -0.39 is 4.92 Å². The lowest BCUT2D eigenvalue weighted by atomic mass is 10.1. The highest BCUT2D eigenvalue weighted by molar-refractivity contribution is 7.13. The molecule has 2 aliphatic rings. The molecule has 1 saturated carbocycles. The quantitative estimate of drug-likeness (QED) is 0.223. The van der Waals surface area contributed by atoms with E-state index in [0.717, 1.165) is 38.5 Å². The van der Waals surface area contributed by atoms with E-state index in [1.165, 1.54) is 33.9 Å². The Bertz CT molecular complexity index is 1290. The number of piperazine rings is 1. The van der Waals surface area contributed by atoms with Gasteiger partial charge in [-0.2, -0.15) is 4.37 Å². The molecule has 5 rings (SSSR count). The van der Waals surface area contributed by atoms with E-state index in [9.17, 15) is 14.9 Å². The second kappa shape index (κ2) is 9.97. The molecule has 35 heavy (non-hydrogen) atoms. The third-order valence-corrected chi connectivity index (χ3v) is 7.68. The Labute approximate surface area is 207 Å². The van der Waals surface area contributed by atoms with Gasteiger partial charge in [-0.25, -0.2) is 0 Å². The molecule has 1 N–H and O–H groups in total. The molecule has 2 heterocycles. The molecule has 8 nitrogen and oxygen atoms in total. The molecule has 0 radical (unpaired) electrons. The van der Waals surface area contributed by atoms with Crippen molar-refractivity contribution in [2.45, 2.75) is 0 Å². The summed E-state index contributed by atoms with van der Waals surface area (Å²) in [7, 11) is 0. The van der Waals surface area contributed by atoms with E-state index in [4.69, 9.17) is 0 Å². The van der Waals surface area contributed by atoms with Gasteiger partial charge in [-0.1, -0.05) is 36.4 Å². The molecule has 3 aromatic rings. The number of hydrogen-bond donors (Lipinski definition) is 1. The molecular formula is C26H27N5O3S. The highest BCUT2D eigenvalue weighted by Crippen LogP contribution is 2.44. The molecule has 0 bridgehead atoms. The molecule has 0 unspecified atom stereocenters. The fourth-order valence-corrected chi connectivity index (χ4v) is 5.51. The summed E-state index contributed by atoms with van der Waals surface area (Å²) in [6.07, 6.45) is 2.83. The van der Waals surface area contributed by atoms with Gasteiger partial charge < -0.3 is 10.2 Å². The fourth-order valence-electron chi connectivity index (χ4n) is 4.71. The Morgan fingerprint density at radius 2 is 1.89 bits per heavy atom. The van der Waals surface area contributed by atoms with Crippen LogP contribution in [-0.4, -0.2) is 59.4 Å². The zero-order valence-corrected chi connectivity index (χ0v) is 20.1. The first kappa shape index (κ1) is 23.2. The zero-order chi connectivity index (χ0) is 24.4. The molecule has 1 amide bonds. The summed E-state index contributed by atoms with van der Waals surface area (Å²) in [4.78, 5) is 27.8. The van der Waals surface area contributed by atoms with Crippen molar-refractivity contribution >= 4 is 45.1 Å². The monoisotopic (exact) mass is 489 g/mol. The molecule has 2 aromatic carbocycles. The van der Waals surface area contributed by atoms with E-state index >= 15 is 0 Å². The van der Waals surface area contributed by atoms with Crippen molar-refractivity contribution in [3.05, 3.63) is 82.4 Å². The van der Waals surface area contributed by atoms with Gasteiger partial charge in [0.05, 0.1) is 15.2 Å². The fraction of sp³-hybridized carbons (Fsp3) is 0.308. The number of anilines is 1. The minimum absolute atomic E-state index is 0.0183. The molecule has 1 aliphatic heterocycles. The summed E-state index contributed by atoms with van der Waals surface area (Å²) in [6.45, 7) is 9.55. The maximum atomic E-state index is 12.3. The number of hydrogen-bond acceptors (Lipinski definition) is 7. The third kappa shape index (κ3) is 5.11. The number of nitro groups is 1. The van der Waals surface area contributed by atoms with Gasteiger partial charge in [-0.05, 0) is 35.8 Å². The Balaban J connectivity index is 1.07. The normalized spacial score (nSPS) is 20.5. The topological polar surface area (TPSA) is 91.6 Å². The van der Waals surface area contributed by atoms with Gasteiger partial charge in [0, 0.05) is 68.6 Å². The molecule has 1 saturated heterocycles. The summed E-state index contributed by atoms with van der Waals surface area (Å²) in [5.41, 5.74) is 1.57. The van der Waals surface area contributed by atoms with Crippen molar-refractivity contribution < 1.29 is 9.72 Å². The molecule has 2 fully saturated rings. The van der Waals surface area contributed by atoms with Crippen LogP contribution >= 0.6 is 11.5 Å². The Kier molecular flexibility index (Phi) is 6.61. The SMILES string of the molecule is C=C1[C@H](CNC(=O)C=Cc2ccccc2[N+](=O)[O-])[C@H]1CN1CCN(c2nsc3ccccc23)CC1. The number of nitrogens with one attached hydrogen (secondary N) is 1. The molecule has 2 atom stereocenters. The lowest BCUT2D eigenvalue weighted by Gasteiger charge is -2.35. The Hall–Kier alpha value is -3.56. The van der Waals surface area contributed by atoms with Crippen molar-refractivity contribution in [1.29, 1.82) is 0 Å². The predicted molar refractivity (Wildman–Crippen MR) is 140 cm³/mol. The number of nitrogens with zero attached hydrogens (tertiary/aromatic N) is 4. The van der Waals surface area contributed by atoms with Gasteiger partial charge in [0.15, 0.2) is 0 Å². The van der Waals surface area contributed by atoms with Crippen LogP contribution in [0.25, 0.3) is 16.2 Å². The van der Waals surface area contributed by atoms with E-state index in [0.29, 0.717) is 18.0 Å². The second-order valence-electron chi connectivity index (χ2n) is 8.97. The van der Waals surface area contributed by atoms with Crippen molar-refractivity contribution in [1.82, 2.24) is 14.6 Å². The van der Waals surface area contributed by atoms with E-state index in [2.05, 4.69) is 50.3 Å². The number of benzene rings is 2. The average molecular weight is 490 g/mol. The largest absolute Gasteiger partial charge is 0.353 e. The van der Waals surface area contributed by atoms with Crippen molar-refractivity contribution in [2.75, 3.05) is 44.2 Å². The maximum Gasteiger partial charge on any atom is 0.276 e. The number of carbonyl (C=O) groups is 1. The van der Waals surface area contributed by atoms with Crippen molar-refractivity contribution in [3.8, 4) is 0 Å². The summed E-state index contributed by atoms with van der Waals surface area (Å²) in [6, 6.07) is 14.7. The molecule has 9 heteroatoms. The van der Waals surface area contributed by atoms with Gasteiger partial charge in [-0.3, -0.25) is 19.8 Å². The Morgan fingerprint density at radius 3 is 2.69 bits per heavy atom. The average Bonchev–Trinajstić information content (AvgIpc) is 3.27. The summed E-state index contributed by atoms with van der Waals surface area (Å²) >= 11 is 1.56. The lowest BCUT2D eigenvalue weighted by Crippen LogP contribution is -2.47. The number of nitro benzene ring substituents is 1. The predicted octanol–water partition coefficient (Wildman–Crippen LogP) is 3.96. The third-order valence-electron chi connectivity index (χ3n) is 6.86.